The van der Waals surface area contributed by atoms with Gasteiger partial charge in [-0.3, -0.25) is 0 Å². The molecule has 130 valence electrons. The lowest BCUT2D eigenvalue weighted by atomic mass is 10.2. The Hall–Kier alpha value is -2.89. The Balaban J connectivity index is 1.70. The number of aromatic nitrogens is 2. The molecular weight excluding hydrogens is 338 g/mol. The average molecular weight is 351 g/mol. The summed E-state index contributed by atoms with van der Waals surface area (Å²) in [5, 5.41) is 8.76. The van der Waals surface area contributed by atoms with Crippen LogP contribution < -0.4 is 9.80 Å². The molecule has 0 bridgehead atoms. The van der Waals surface area contributed by atoms with Gasteiger partial charge in [-0.2, -0.15) is 18.4 Å². The van der Waals surface area contributed by atoms with Crippen LogP contribution in [0.5, 0.6) is 0 Å². The van der Waals surface area contributed by atoms with Crippen molar-refractivity contribution in [2.75, 3.05) is 36.0 Å². The third kappa shape index (κ3) is 3.63. The van der Waals surface area contributed by atoms with Gasteiger partial charge in [-0.15, -0.1) is 0 Å². The molecule has 25 heavy (non-hydrogen) atoms. The van der Waals surface area contributed by atoms with Crippen molar-refractivity contribution in [1.29, 1.82) is 5.26 Å². The summed E-state index contributed by atoms with van der Waals surface area (Å²) >= 11 is 0. The Morgan fingerprint density at radius 1 is 1.00 bits per heavy atom. The van der Waals surface area contributed by atoms with Crippen molar-refractivity contribution in [2.24, 2.45) is 0 Å². The van der Waals surface area contributed by atoms with Crippen LogP contribution in [0.25, 0.3) is 0 Å². The van der Waals surface area contributed by atoms with E-state index >= 15 is 0 Å². The number of piperazine rings is 1. The van der Waals surface area contributed by atoms with Crippen LogP contribution in [0, 0.1) is 17.1 Å². The lowest BCUT2D eigenvalue weighted by Gasteiger charge is -2.36. The summed E-state index contributed by atoms with van der Waals surface area (Å²) in [5.41, 5.74) is -0.369. The minimum atomic E-state index is -4.51. The smallest absolute Gasteiger partial charge is 0.368 e. The van der Waals surface area contributed by atoms with Crippen LogP contribution in [0.1, 0.15) is 11.3 Å². The molecule has 1 aromatic heterocycles. The molecule has 0 saturated carbocycles. The van der Waals surface area contributed by atoms with Gasteiger partial charge in [0.1, 0.15) is 29.7 Å². The Morgan fingerprint density at radius 3 is 2.28 bits per heavy atom. The summed E-state index contributed by atoms with van der Waals surface area (Å²) in [6, 6.07) is 7.05. The van der Waals surface area contributed by atoms with E-state index in [1.54, 1.807) is 17.0 Å². The first-order valence-electron chi connectivity index (χ1n) is 7.47. The monoisotopic (exact) mass is 351 g/mol. The molecule has 0 atom stereocenters. The van der Waals surface area contributed by atoms with Gasteiger partial charge in [-0.1, -0.05) is 0 Å². The number of halogens is 4. The van der Waals surface area contributed by atoms with Crippen LogP contribution in [0.4, 0.5) is 29.1 Å². The molecule has 1 aliphatic heterocycles. The number of anilines is 2. The molecule has 2 heterocycles. The third-order valence-corrected chi connectivity index (χ3v) is 3.99. The van der Waals surface area contributed by atoms with Gasteiger partial charge >= 0.3 is 6.18 Å². The molecule has 1 saturated heterocycles. The molecule has 1 fully saturated rings. The molecular formula is C16H13F4N5. The van der Waals surface area contributed by atoms with E-state index in [-0.39, 0.29) is 11.4 Å². The molecule has 1 aliphatic rings. The number of nitrogens with zero attached hydrogens (tertiary/aromatic N) is 5. The van der Waals surface area contributed by atoms with Crippen molar-refractivity contribution < 1.29 is 17.6 Å². The van der Waals surface area contributed by atoms with Crippen molar-refractivity contribution in [2.45, 2.75) is 6.18 Å². The number of benzene rings is 1. The molecule has 5 nitrogen and oxygen atoms in total. The number of nitriles is 1. The van der Waals surface area contributed by atoms with Gasteiger partial charge in [0.15, 0.2) is 0 Å². The molecule has 3 rings (SSSR count). The number of hydrogen-bond donors (Lipinski definition) is 0. The first kappa shape index (κ1) is 17.0. The number of alkyl halides is 3. The summed E-state index contributed by atoms with van der Waals surface area (Å²) in [6.45, 7) is 1.87. The largest absolute Gasteiger partial charge is 0.433 e. The number of hydrogen-bond acceptors (Lipinski definition) is 5. The van der Waals surface area contributed by atoms with Crippen LogP contribution in [-0.2, 0) is 6.18 Å². The van der Waals surface area contributed by atoms with E-state index in [4.69, 9.17) is 5.26 Å². The van der Waals surface area contributed by atoms with E-state index in [0.29, 0.717) is 31.9 Å². The normalized spacial score (nSPS) is 15.2. The van der Waals surface area contributed by atoms with Gasteiger partial charge in [0.25, 0.3) is 0 Å². The SMILES string of the molecule is N#Cc1ccc(N2CCN(c3cc(C(F)(F)F)ncn3)CC2)cc1F. The summed E-state index contributed by atoms with van der Waals surface area (Å²) in [4.78, 5) is 10.8. The second-order valence-corrected chi connectivity index (χ2v) is 5.51. The zero-order valence-corrected chi connectivity index (χ0v) is 13.0. The fourth-order valence-electron chi connectivity index (χ4n) is 2.66. The molecule has 0 N–H and O–H groups in total. The van der Waals surface area contributed by atoms with Crippen LogP contribution in [0.2, 0.25) is 0 Å². The maximum atomic E-state index is 13.7. The van der Waals surface area contributed by atoms with Gasteiger partial charge in [-0.05, 0) is 18.2 Å². The van der Waals surface area contributed by atoms with Crippen molar-refractivity contribution in [3.8, 4) is 6.07 Å². The molecule has 1 aromatic carbocycles. The third-order valence-electron chi connectivity index (χ3n) is 3.99. The molecule has 2 aromatic rings. The summed E-state index contributed by atoms with van der Waals surface area (Å²) in [5.74, 6) is -0.374. The Kier molecular flexibility index (Phi) is 4.44. The van der Waals surface area contributed by atoms with Gasteiger partial charge in [0.05, 0.1) is 5.56 Å². The van der Waals surface area contributed by atoms with Crippen molar-refractivity contribution in [3.63, 3.8) is 0 Å². The van der Waals surface area contributed by atoms with E-state index in [2.05, 4.69) is 9.97 Å². The minimum absolute atomic E-state index is 0.0250. The lowest BCUT2D eigenvalue weighted by Crippen LogP contribution is -2.47. The molecule has 0 spiro atoms. The summed E-state index contributed by atoms with van der Waals surface area (Å²) in [6.07, 6.45) is -3.61. The standard InChI is InChI=1S/C16H13F4N5/c17-13-7-12(2-1-11(13)9-21)24-3-5-25(6-4-24)15-8-14(16(18,19)20)22-10-23-15/h1-2,7-8,10H,3-6H2. The molecule has 9 heteroatoms. The summed E-state index contributed by atoms with van der Waals surface area (Å²) in [7, 11) is 0. The highest BCUT2D eigenvalue weighted by Crippen LogP contribution is 2.29. The molecule has 0 amide bonds. The van der Waals surface area contributed by atoms with E-state index < -0.39 is 17.7 Å². The fourth-order valence-corrected chi connectivity index (χ4v) is 2.66. The van der Waals surface area contributed by atoms with E-state index in [1.807, 2.05) is 4.90 Å². The zero-order chi connectivity index (χ0) is 18.0. The summed E-state index contributed by atoms with van der Waals surface area (Å²) < 4.78 is 51.9. The first-order chi connectivity index (χ1) is 11.9. The van der Waals surface area contributed by atoms with Gasteiger partial charge in [0.2, 0.25) is 0 Å². The molecule has 0 radical (unpaired) electrons. The van der Waals surface area contributed by atoms with Crippen LogP contribution in [0.15, 0.2) is 30.6 Å². The van der Waals surface area contributed by atoms with Gasteiger partial charge < -0.3 is 9.80 Å². The fraction of sp³-hybridized carbons (Fsp3) is 0.312. The quantitative estimate of drug-likeness (QED) is 0.779. The average Bonchev–Trinajstić information content (AvgIpc) is 2.61. The lowest BCUT2D eigenvalue weighted by molar-refractivity contribution is -0.141. The van der Waals surface area contributed by atoms with Crippen LogP contribution in [-0.4, -0.2) is 36.1 Å². The van der Waals surface area contributed by atoms with E-state index in [1.165, 1.54) is 12.1 Å². The highest BCUT2D eigenvalue weighted by molar-refractivity contribution is 5.52. The minimum Gasteiger partial charge on any atom is -0.368 e. The Bertz CT molecular complexity index is 807. The maximum Gasteiger partial charge on any atom is 0.433 e. The predicted molar refractivity (Wildman–Crippen MR) is 82.6 cm³/mol. The highest BCUT2D eigenvalue weighted by Gasteiger charge is 2.33. The van der Waals surface area contributed by atoms with Crippen molar-refractivity contribution >= 4 is 11.5 Å². The topological polar surface area (TPSA) is 56.1 Å². The van der Waals surface area contributed by atoms with Gasteiger partial charge in [-0.25, -0.2) is 14.4 Å². The zero-order valence-electron chi connectivity index (χ0n) is 13.0. The molecule has 0 unspecified atom stereocenters. The highest BCUT2D eigenvalue weighted by atomic mass is 19.4. The number of rotatable bonds is 2. The van der Waals surface area contributed by atoms with Crippen molar-refractivity contribution in [3.05, 3.63) is 47.7 Å². The predicted octanol–water partition coefficient (Wildman–Crippen LogP) is 2.83. The van der Waals surface area contributed by atoms with Crippen LogP contribution >= 0.6 is 0 Å². The first-order valence-corrected chi connectivity index (χ1v) is 7.47. The van der Waals surface area contributed by atoms with Crippen molar-refractivity contribution in [1.82, 2.24) is 9.97 Å². The second kappa shape index (κ2) is 6.55. The molecule has 0 aliphatic carbocycles. The van der Waals surface area contributed by atoms with Gasteiger partial charge in [0, 0.05) is 37.9 Å². The van der Waals surface area contributed by atoms with E-state index in [9.17, 15) is 17.6 Å². The Morgan fingerprint density at radius 2 is 1.68 bits per heavy atom. The van der Waals surface area contributed by atoms with E-state index in [0.717, 1.165) is 12.4 Å². The second-order valence-electron chi connectivity index (χ2n) is 5.51. The van der Waals surface area contributed by atoms with Crippen LogP contribution in [0.3, 0.4) is 0 Å². The maximum absolute atomic E-state index is 13.7. The Labute approximate surface area is 141 Å².